The molecule has 2 aromatic rings. The van der Waals surface area contributed by atoms with Crippen molar-refractivity contribution in [1.29, 1.82) is 0 Å². The number of aliphatic imine (C=N–C) groups is 1. The number of benzene rings is 1. The van der Waals surface area contributed by atoms with E-state index in [2.05, 4.69) is 33.7 Å². The van der Waals surface area contributed by atoms with Crippen molar-refractivity contribution in [1.82, 2.24) is 20.4 Å². The van der Waals surface area contributed by atoms with Gasteiger partial charge in [-0.15, -0.1) is 0 Å². The standard InChI is InChI=1S/C18H27N5O/c1-3-19-18(20-11-7-13-23-14-8-12-22-23)21-15-16-9-5-6-10-17(16)24-4-2/h5-6,8-10,12,14H,3-4,7,11,13,15H2,1-2H3,(H2,19,20,21). The minimum atomic E-state index is 0.588. The van der Waals surface area contributed by atoms with Gasteiger partial charge in [0.05, 0.1) is 13.2 Å². The lowest BCUT2D eigenvalue weighted by atomic mass is 10.2. The van der Waals surface area contributed by atoms with Crippen LogP contribution in [0.5, 0.6) is 5.75 Å². The van der Waals surface area contributed by atoms with E-state index in [4.69, 9.17) is 4.74 Å². The van der Waals surface area contributed by atoms with Crippen LogP contribution in [0.2, 0.25) is 0 Å². The number of aromatic nitrogens is 2. The largest absolute Gasteiger partial charge is 0.494 e. The van der Waals surface area contributed by atoms with Gasteiger partial charge in [0.15, 0.2) is 5.96 Å². The third-order valence-electron chi connectivity index (χ3n) is 3.44. The zero-order chi connectivity index (χ0) is 17.0. The van der Waals surface area contributed by atoms with E-state index in [0.29, 0.717) is 13.2 Å². The maximum absolute atomic E-state index is 5.65. The Labute approximate surface area is 143 Å². The van der Waals surface area contributed by atoms with Crippen molar-refractivity contribution in [3.63, 3.8) is 0 Å². The number of ether oxygens (including phenoxy) is 1. The molecule has 0 bridgehead atoms. The van der Waals surface area contributed by atoms with Crippen LogP contribution in [0.4, 0.5) is 0 Å². The van der Waals surface area contributed by atoms with Crippen LogP contribution >= 0.6 is 0 Å². The second-order valence-electron chi connectivity index (χ2n) is 5.29. The molecular weight excluding hydrogens is 302 g/mol. The molecule has 0 saturated carbocycles. The molecule has 0 aliphatic rings. The first-order valence-corrected chi connectivity index (χ1v) is 8.53. The van der Waals surface area contributed by atoms with Crippen molar-refractivity contribution in [2.75, 3.05) is 19.7 Å². The van der Waals surface area contributed by atoms with Gasteiger partial charge in [-0.05, 0) is 32.4 Å². The molecule has 6 nitrogen and oxygen atoms in total. The fourth-order valence-electron chi connectivity index (χ4n) is 2.32. The van der Waals surface area contributed by atoms with E-state index in [-0.39, 0.29) is 0 Å². The van der Waals surface area contributed by atoms with Gasteiger partial charge in [-0.3, -0.25) is 4.68 Å². The van der Waals surface area contributed by atoms with Crippen LogP contribution in [0.1, 0.15) is 25.8 Å². The summed E-state index contributed by atoms with van der Waals surface area (Å²) in [6.07, 6.45) is 4.76. The quantitative estimate of drug-likeness (QED) is 0.421. The molecule has 0 spiro atoms. The van der Waals surface area contributed by atoms with E-state index in [1.54, 1.807) is 6.20 Å². The third-order valence-corrected chi connectivity index (χ3v) is 3.44. The lowest BCUT2D eigenvalue weighted by Crippen LogP contribution is -2.38. The first-order valence-electron chi connectivity index (χ1n) is 8.53. The fourth-order valence-corrected chi connectivity index (χ4v) is 2.32. The zero-order valence-electron chi connectivity index (χ0n) is 14.5. The van der Waals surface area contributed by atoms with Crippen LogP contribution in [0.15, 0.2) is 47.7 Å². The normalized spacial score (nSPS) is 11.3. The van der Waals surface area contributed by atoms with Crippen LogP contribution in [-0.4, -0.2) is 35.4 Å². The Morgan fingerprint density at radius 2 is 2.08 bits per heavy atom. The summed E-state index contributed by atoms with van der Waals surface area (Å²) >= 11 is 0. The number of guanidine groups is 1. The summed E-state index contributed by atoms with van der Waals surface area (Å²) in [4.78, 5) is 4.65. The second-order valence-corrected chi connectivity index (χ2v) is 5.29. The molecule has 0 aliphatic heterocycles. The maximum atomic E-state index is 5.65. The third kappa shape index (κ3) is 5.95. The predicted octanol–water partition coefficient (Wildman–Crippen LogP) is 2.43. The average molecular weight is 329 g/mol. The minimum absolute atomic E-state index is 0.588. The van der Waals surface area contributed by atoms with Gasteiger partial charge in [-0.1, -0.05) is 18.2 Å². The van der Waals surface area contributed by atoms with Gasteiger partial charge < -0.3 is 15.4 Å². The molecule has 0 aliphatic carbocycles. The van der Waals surface area contributed by atoms with Crippen molar-refractivity contribution >= 4 is 5.96 Å². The van der Waals surface area contributed by atoms with Crippen molar-refractivity contribution in [2.24, 2.45) is 4.99 Å². The molecule has 0 radical (unpaired) electrons. The Morgan fingerprint density at radius 1 is 1.21 bits per heavy atom. The summed E-state index contributed by atoms with van der Waals surface area (Å²) in [6, 6.07) is 9.97. The van der Waals surface area contributed by atoms with Gasteiger partial charge in [-0.25, -0.2) is 4.99 Å². The van der Waals surface area contributed by atoms with E-state index in [9.17, 15) is 0 Å². The van der Waals surface area contributed by atoms with Crippen LogP contribution < -0.4 is 15.4 Å². The Hall–Kier alpha value is -2.50. The maximum Gasteiger partial charge on any atom is 0.191 e. The summed E-state index contributed by atoms with van der Waals surface area (Å²) < 4.78 is 7.58. The zero-order valence-corrected chi connectivity index (χ0v) is 14.5. The molecule has 0 unspecified atom stereocenters. The fraction of sp³-hybridized carbons (Fsp3) is 0.444. The lowest BCUT2D eigenvalue weighted by molar-refractivity contribution is 0.336. The molecule has 0 fully saturated rings. The molecular formula is C18H27N5O. The van der Waals surface area contributed by atoms with Gasteiger partial charge in [0.1, 0.15) is 5.75 Å². The summed E-state index contributed by atoms with van der Waals surface area (Å²) in [5.41, 5.74) is 1.09. The van der Waals surface area contributed by atoms with E-state index in [1.165, 1.54) is 0 Å². The Bertz CT molecular complexity index is 610. The van der Waals surface area contributed by atoms with Crippen molar-refractivity contribution in [3.8, 4) is 5.75 Å². The smallest absolute Gasteiger partial charge is 0.191 e. The molecule has 0 saturated heterocycles. The molecule has 0 amide bonds. The first kappa shape index (κ1) is 17.8. The predicted molar refractivity (Wildman–Crippen MR) is 97.3 cm³/mol. The molecule has 0 atom stereocenters. The summed E-state index contributed by atoms with van der Waals surface area (Å²) in [7, 11) is 0. The molecule has 1 aromatic carbocycles. The highest BCUT2D eigenvalue weighted by molar-refractivity contribution is 5.79. The number of nitrogens with one attached hydrogen (secondary N) is 2. The Balaban J connectivity index is 1.85. The van der Waals surface area contributed by atoms with Crippen molar-refractivity contribution in [2.45, 2.75) is 33.4 Å². The van der Waals surface area contributed by atoms with E-state index in [0.717, 1.165) is 43.3 Å². The molecule has 6 heteroatoms. The molecule has 1 heterocycles. The molecule has 2 rings (SSSR count). The molecule has 2 N–H and O–H groups in total. The van der Waals surface area contributed by atoms with Gasteiger partial charge in [0.2, 0.25) is 0 Å². The highest BCUT2D eigenvalue weighted by Gasteiger charge is 2.03. The summed E-state index contributed by atoms with van der Waals surface area (Å²) in [5, 5.41) is 10.8. The van der Waals surface area contributed by atoms with Gasteiger partial charge >= 0.3 is 0 Å². The Kier molecular flexibility index (Phi) is 7.67. The van der Waals surface area contributed by atoms with Crippen LogP contribution in [0.3, 0.4) is 0 Å². The molecule has 130 valence electrons. The number of para-hydroxylation sites is 1. The minimum Gasteiger partial charge on any atom is -0.494 e. The summed E-state index contributed by atoms with van der Waals surface area (Å²) in [6.45, 7) is 7.88. The monoisotopic (exact) mass is 329 g/mol. The van der Waals surface area contributed by atoms with Crippen molar-refractivity contribution in [3.05, 3.63) is 48.3 Å². The number of aryl methyl sites for hydroxylation is 1. The van der Waals surface area contributed by atoms with Gasteiger partial charge in [0, 0.05) is 37.6 Å². The number of hydrogen-bond acceptors (Lipinski definition) is 3. The van der Waals surface area contributed by atoms with E-state index in [1.807, 2.05) is 42.1 Å². The highest BCUT2D eigenvalue weighted by Crippen LogP contribution is 2.18. The van der Waals surface area contributed by atoms with Crippen LogP contribution in [0.25, 0.3) is 0 Å². The molecule has 1 aromatic heterocycles. The SMILES string of the molecule is CCNC(=NCc1ccccc1OCC)NCCCn1cccn1. The first-order chi connectivity index (χ1) is 11.8. The number of rotatable bonds is 9. The van der Waals surface area contributed by atoms with Crippen LogP contribution in [-0.2, 0) is 13.1 Å². The summed E-state index contributed by atoms with van der Waals surface area (Å²) in [5.74, 6) is 1.72. The second kappa shape index (κ2) is 10.3. The highest BCUT2D eigenvalue weighted by atomic mass is 16.5. The van der Waals surface area contributed by atoms with Crippen molar-refractivity contribution < 1.29 is 4.74 Å². The molecule has 24 heavy (non-hydrogen) atoms. The van der Waals surface area contributed by atoms with E-state index >= 15 is 0 Å². The lowest BCUT2D eigenvalue weighted by Gasteiger charge is -2.12. The Morgan fingerprint density at radius 3 is 2.83 bits per heavy atom. The van der Waals surface area contributed by atoms with E-state index < -0.39 is 0 Å². The van der Waals surface area contributed by atoms with Gasteiger partial charge in [-0.2, -0.15) is 5.10 Å². The average Bonchev–Trinajstić information content (AvgIpc) is 3.11. The topological polar surface area (TPSA) is 63.5 Å². The van der Waals surface area contributed by atoms with Crippen LogP contribution in [0, 0.1) is 0 Å². The number of hydrogen-bond donors (Lipinski definition) is 2. The number of nitrogens with zero attached hydrogens (tertiary/aromatic N) is 3. The van der Waals surface area contributed by atoms with Gasteiger partial charge in [0.25, 0.3) is 0 Å².